The Labute approximate surface area is 176 Å². The first kappa shape index (κ1) is 23.5. The first-order valence-electron chi connectivity index (χ1n) is 9.54. The Kier molecular flexibility index (Phi) is 7.68. The molecule has 10 nitrogen and oxygen atoms in total. The van der Waals surface area contributed by atoms with Crippen molar-refractivity contribution in [1.82, 2.24) is 20.0 Å². The number of hydrogen-bond acceptors (Lipinski definition) is 7. The average molecular weight is 441 g/mol. The minimum absolute atomic E-state index is 0.0157. The molecule has 0 fully saturated rings. The maximum atomic E-state index is 12.7. The van der Waals surface area contributed by atoms with Gasteiger partial charge in [-0.1, -0.05) is 0 Å². The predicted octanol–water partition coefficient (Wildman–Crippen LogP) is 1.86. The maximum absolute atomic E-state index is 12.7. The van der Waals surface area contributed by atoms with Gasteiger partial charge >= 0.3 is 0 Å². The third kappa shape index (κ3) is 5.03. The number of carbonyl (C=O) groups is 1. The second-order valence-corrected chi connectivity index (χ2v) is 7.90. The molecule has 0 saturated heterocycles. The minimum atomic E-state index is -4.01. The number of sulfonamides is 1. The first-order valence-corrected chi connectivity index (χ1v) is 11.0. The summed E-state index contributed by atoms with van der Waals surface area (Å²) in [5.74, 6) is 0.372. The molecule has 0 unspecified atom stereocenters. The second kappa shape index (κ2) is 9.81. The molecule has 0 atom stereocenters. The van der Waals surface area contributed by atoms with Crippen LogP contribution in [0.3, 0.4) is 0 Å². The van der Waals surface area contributed by atoms with Gasteiger partial charge in [0.1, 0.15) is 4.90 Å². The van der Waals surface area contributed by atoms with Gasteiger partial charge in [-0.3, -0.25) is 14.9 Å². The lowest BCUT2D eigenvalue weighted by Gasteiger charge is -2.17. The van der Waals surface area contributed by atoms with Gasteiger partial charge in [-0.25, -0.2) is 8.42 Å². The van der Waals surface area contributed by atoms with Crippen molar-refractivity contribution in [2.75, 3.05) is 19.8 Å². The summed E-state index contributed by atoms with van der Waals surface area (Å²) in [5, 5.41) is 4.09. The summed E-state index contributed by atoms with van der Waals surface area (Å²) in [6, 6.07) is 2.95. The van der Waals surface area contributed by atoms with Crippen molar-refractivity contribution >= 4 is 15.9 Å². The Morgan fingerprint density at radius 3 is 2.00 bits per heavy atom. The number of rotatable bonds is 10. The molecule has 0 aliphatic carbocycles. The fraction of sp³-hybridized carbons (Fsp3) is 0.474. The van der Waals surface area contributed by atoms with Gasteiger partial charge in [0.2, 0.25) is 5.75 Å². The highest BCUT2D eigenvalue weighted by Gasteiger charge is 2.25. The van der Waals surface area contributed by atoms with Crippen LogP contribution >= 0.6 is 0 Å². The summed E-state index contributed by atoms with van der Waals surface area (Å²) < 4.78 is 43.5. The SMILES string of the molecule is CCOc1cc(C(=O)NNS(=O)(=O)c2c(C)nn(C)c2C)cc(OCC)c1OCC. The van der Waals surface area contributed by atoms with E-state index in [4.69, 9.17) is 14.2 Å². The number of aromatic nitrogens is 2. The highest BCUT2D eigenvalue weighted by Crippen LogP contribution is 2.39. The van der Waals surface area contributed by atoms with Crippen LogP contribution in [0.5, 0.6) is 17.2 Å². The molecular formula is C19H28N4O6S. The molecule has 0 radical (unpaired) electrons. The van der Waals surface area contributed by atoms with Crippen molar-refractivity contribution in [2.45, 2.75) is 39.5 Å². The molecule has 0 bridgehead atoms. The zero-order chi connectivity index (χ0) is 22.5. The summed E-state index contributed by atoms with van der Waals surface area (Å²) in [4.78, 5) is 14.8. The summed E-state index contributed by atoms with van der Waals surface area (Å²) >= 11 is 0. The molecule has 2 rings (SSSR count). The Hall–Kier alpha value is -2.79. The van der Waals surface area contributed by atoms with Crippen molar-refractivity contribution in [2.24, 2.45) is 7.05 Å². The number of hydrogen-bond donors (Lipinski definition) is 2. The Bertz CT molecular complexity index is 989. The van der Waals surface area contributed by atoms with Crippen LogP contribution in [0.2, 0.25) is 0 Å². The van der Waals surface area contributed by atoms with Crippen LogP contribution in [0.4, 0.5) is 0 Å². The van der Waals surface area contributed by atoms with Crippen molar-refractivity contribution < 1.29 is 27.4 Å². The molecule has 11 heteroatoms. The number of aryl methyl sites for hydroxylation is 2. The van der Waals surface area contributed by atoms with E-state index in [1.807, 2.05) is 6.92 Å². The van der Waals surface area contributed by atoms with Gasteiger partial charge in [0.05, 0.1) is 31.2 Å². The Morgan fingerprint density at radius 1 is 1.03 bits per heavy atom. The molecule has 1 amide bonds. The van der Waals surface area contributed by atoms with Gasteiger partial charge in [0, 0.05) is 12.6 Å². The number of carbonyl (C=O) groups excluding carboxylic acids is 1. The first-order chi connectivity index (χ1) is 14.2. The zero-order valence-electron chi connectivity index (χ0n) is 18.0. The van der Waals surface area contributed by atoms with Crippen molar-refractivity contribution in [3.05, 3.63) is 29.1 Å². The number of benzene rings is 1. The Morgan fingerprint density at radius 2 is 1.57 bits per heavy atom. The second-order valence-electron chi connectivity index (χ2n) is 6.28. The van der Waals surface area contributed by atoms with Crippen LogP contribution in [-0.2, 0) is 17.1 Å². The molecule has 0 aliphatic heterocycles. The van der Waals surface area contributed by atoms with Crippen LogP contribution < -0.4 is 24.5 Å². The number of ether oxygens (including phenoxy) is 3. The molecule has 2 N–H and O–H groups in total. The monoisotopic (exact) mass is 440 g/mol. The molecule has 0 aliphatic rings. The van der Waals surface area contributed by atoms with Crippen molar-refractivity contribution in [1.29, 1.82) is 0 Å². The predicted molar refractivity (Wildman–Crippen MR) is 110 cm³/mol. The summed E-state index contributed by atoms with van der Waals surface area (Å²) in [6.07, 6.45) is 0. The minimum Gasteiger partial charge on any atom is -0.490 e. The standard InChI is InChI=1S/C19H28N4O6S/c1-7-27-15-10-14(11-16(28-8-2)17(15)29-9-3)19(24)20-22-30(25,26)18-12(4)21-23(6)13(18)5/h10-11,22H,7-9H2,1-6H3,(H,20,24). The summed E-state index contributed by atoms with van der Waals surface area (Å²) in [6.45, 7) is 9.72. The van der Waals surface area contributed by atoms with E-state index in [9.17, 15) is 13.2 Å². The lowest BCUT2D eigenvalue weighted by molar-refractivity contribution is 0.0944. The van der Waals surface area contributed by atoms with Crippen molar-refractivity contribution in [3.8, 4) is 17.2 Å². The average Bonchev–Trinajstić information content (AvgIpc) is 2.94. The lowest BCUT2D eigenvalue weighted by atomic mass is 10.1. The largest absolute Gasteiger partial charge is 0.490 e. The van der Waals surface area contributed by atoms with Crippen LogP contribution in [0.1, 0.15) is 42.5 Å². The number of nitrogens with one attached hydrogen (secondary N) is 2. The van der Waals surface area contributed by atoms with Crippen molar-refractivity contribution in [3.63, 3.8) is 0 Å². The highest BCUT2D eigenvalue weighted by atomic mass is 32.2. The third-order valence-corrected chi connectivity index (χ3v) is 5.68. The van der Waals surface area contributed by atoms with Gasteiger partial charge in [-0.15, -0.1) is 4.83 Å². The Balaban J connectivity index is 2.31. The maximum Gasteiger partial charge on any atom is 0.266 e. The van der Waals surface area contributed by atoms with Crippen LogP contribution in [-0.4, -0.2) is 43.9 Å². The fourth-order valence-electron chi connectivity index (χ4n) is 2.90. The molecular weight excluding hydrogens is 412 g/mol. The topological polar surface area (TPSA) is 121 Å². The molecule has 166 valence electrons. The summed E-state index contributed by atoms with van der Waals surface area (Å²) in [7, 11) is -2.37. The van der Waals surface area contributed by atoms with Gasteiger partial charge in [-0.2, -0.15) is 5.10 Å². The molecule has 0 spiro atoms. The normalized spacial score (nSPS) is 11.3. The molecule has 1 aromatic carbocycles. The quantitative estimate of drug-likeness (QED) is 0.541. The van der Waals surface area contributed by atoms with Gasteiger partial charge in [-0.05, 0) is 46.8 Å². The number of hydrazine groups is 1. The molecule has 1 heterocycles. The molecule has 0 saturated carbocycles. The van der Waals surface area contributed by atoms with Gasteiger partial charge in [0.25, 0.3) is 15.9 Å². The van der Waals surface area contributed by atoms with E-state index >= 15 is 0 Å². The van der Waals surface area contributed by atoms with Crippen LogP contribution in [0.15, 0.2) is 17.0 Å². The zero-order valence-corrected chi connectivity index (χ0v) is 18.8. The van der Waals surface area contributed by atoms with Gasteiger partial charge in [0.15, 0.2) is 11.5 Å². The summed E-state index contributed by atoms with van der Waals surface area (Å²) in [5.41, 5.74) is 3.15. The smallest absolute Gasteiger partial charge is 0.266 e. The third-order valence-electron chi connectivity index (χ3n) is 4.18. The number of amides is 1. The van der Waals surface area contributed by atoms with Crippen LogP contribution in [0.25, 0.3) is 0 Å². The van der Waals surface area contributed by atoms with E-state index in [2.05, 4.69) is 15.4 Å². The number of nitrogens with zero attached hydrogens (tertiary/aromatic N) is 2. The molecule has 2 aromatic rings. The van der Waals surface area contributed by atoms with E-state index < -0.39 is 15.9 Å². The highest BCUT2D eigenvalue weighted by molar-refractivity contribution is 7.89. The van der Waals surface area contributed by atoms with E-state index in [1.165, 1.54) is 16.8 Å². The van der Waals surface area contributed by atoms with E-state index in [0.717, 1.165) is 0 Å². The van der Waals surface area contributed by atoms with Crippen LogP contribution in [0, 0.1) is 13.8 Å². The van der Waals surface area contributed by atoms with E-state index in [1.54, 1.807) is 34.7 Å². The molecule has 30 heavy (non-hydrogen) atoms. The fourth-order valence-corrected chi connectivity index (χ4v) is 4.18. The van der Waals surface area contributed by atoms with E-state index in [0.29, 0.717) is 48.5 Å². The van der Waals surface area contributed by atoms with Gasteiger partial charge < -0.3 is 14.2 Å². The molecule has 1 aromatic heterocycles. The lowest BCUT2D eigenvalue weighted by Crippen LogP contribution is -2.41. The van der Waals surface area contributed by atoms with E-state index in [-0.39, 0.29) is 10.5 Å².